The summed E-state index contributed by atoms with van der Waals surface area (Å²) in [5.74, 6) is -0.883. The second-order valence-electron chi connectivity index (χ2n) is 9.04. The molecule has 0 heterocycles. The van der Waals surface area contributed by atoms with E-state index in [9.17, 15) is 33.3 Å². The highest BCUT2D eigenvalue weighted by atomic mass is 19.4. The fraction of sp³-hybridized carbons (Fsp3) is 0.577. The minimum absolute atomic E-state index is 0.0101. The molecule has 0 amide bonds. The van der Waals surface area contributed by atoms with E-state index in [0.29, 0.717) is 25.7 Å². The molecule has 0 aliphatic heterocycles. The molecule has 1 aliphatic carbocycles. The van der Waals surface area contributed by atoms with Crippen LogP contribution in [0.3, 0.4) is 0 Å². The molecule has 1 aromatic carbocycles. The van der Waals surface area contributed by atoms with Crippen molar-refractivity contribution >= 4 is 5.97 Å². The van der Waals surface area contributed by atoms with Crippen LogP contribution in [-0.4, -0.2) is 52.3 Å². The van der Waals surface area contributed by atoms with Crippen LogP contribution in [0.2, 0.25) is 0 Å². The number of aliphatic hydroxyl groups is 3. The van der Waals surface area contributed by atoms with Gasteiger partial charge in [0.15, 0.2) is 0 Å². The summed E-state index contributed by atoms with van der Waals surface area (Å²) >= 11 is 0. The topological polar surface area (TPSA) is 96.2 Å². The minimum Gasteiger partial charge on any atom is -0.491 e. The molecule has 0 aromatic heterocycles. The average molecular weight is 501 g/mol. The zero-order valence-electron chi connectivity index (χ0n) is 20.0. The molecule has 2 rings (SSSR count). The maximum absolute atomic E-state index is 12.8. The van der Waals surface area contributed by atoms with Crippen molar-refractivity contribution < 1.29 is 42.8 Å². The lowest BCUT2D eigenvalue weighted by Crippen LogP contribution is -2.21. The van der Waals surface area contributed by atoms with E-state index in [1.807, 2.05) is 12.2 Å². The first-order valence-electron chi connectivity index (χ1n) is 11.8. The molecule has 35 heavy (non-hydrogen) atoms. The van der Waals surface area contributed by atoms with Crippen molar-refractivity contribution in [1.82, 2.24) is 0 Å². The number of ether oxygens (including phenoxy) is 2. The van der Waals surface area contributed by atoms with Crippen LogP contribution in [0.4, 0.5) is 13.2 Å². The zero-order chi connectivity index (χ0) is 26.0. The van der Waals surface area contributed by atoms with Crippen LogP contribution in [0.5, 0.6) is 5.75 Å². The standard InChI is InChI=1S/C26H35F3O6/c1-17(2)35-25(33)11-6-4-3-5-10-21-22(24(32)15-23(21)31)13-12-19(30)16-34-20-9-7-8-18(14-20)26(27,28)29/h3,5,7-9,12-14,17,19,21-24,30-32H,4,6,10-11,15-16H2,1-2H3/t19?,21-,22-,23+,24?/m1/s1. The lowest BCUT2D eigenvalue weighted by Gasteiger charge is -2.19. The number of unbranched alkanes of at least 4 members (excludes halogenated alkanes) is 1. The van der Waals surface area contributed by atoms with Crippen molar-refractivity contribution in [2.75, 3.05) is 6.61 Å². The summed E-state index contributed by atoms with van der Waals surface area (Å²) in [5, 5.41) is 30.8. The minimum atomic E-state index is -4.49. The van der Waals surface area contributed by atoms with Gasteiger partial charge in [-0.3, -0.25) is 4.79 Å². The Hall–Kier alpha value is -2.36. The predicted molar refractivity (Wildman–Crippen MR) is 125 cm³/mol. The zero-order valence-corrected chi connectivity index (χ0v) is 20.0. The summed E-state index contributed by atoms with van der Waals surface area (Å²) in [6.07, 6.45) is 2.09. The van der Waals surface area contributed by atoms with E-state index in [1.54, 1.807) is 19.9 Å². The maximum atomic E-state index is 12.8. The number of allylic oxidation sites excluding steroid dienone is 2. The Morgan fingerprint density at radius 1 is 1.20 bits per heavy atom. The van der Waals surface area contributed by atoms with Gasteiger partial charge in [0.1, 0.15) is 18.5 Å². The molecule has 196 valence electrons. The molecule has 1 aromatic rings. The fourth-order valence-corrected chi connectivity index (χ4v) is 4.02. The highest BCUT2D eigenvalue weighted by Crippen LogP contribution is 2.36. The van der Waals surface area contributed by atoms with Crippen LogP contribution in [0.15, 0.2) is 48.6 Å². The molecule has 1 saturated carbocycles. The molecular weight excluding hydrogens is 465 g/mol. The molecule has 5 atom stereocenters. The molecule has 6 nitrogen and oxygen atoms in total. The number of halogens is 3. The van der Waals surface area contributed by atoms with E-state index in [1.165, 1.54) is 18.2 Å². The van der Waals surface area contributed by atoms with E-state index in [4.69, 9.17) is 9.47 Å². The molecular formula is C26H35F3O6. The third-order valence-corrected chi connectivity index (χ3v) is 5.75. The van der Waals surface area contributed by atoms with Gasteiger partial charge in [-0.15, -0.1) is 0 Å². The molecule has 0 spiro atoms. The highest BCUT2D eigenvalue weighted by molar-refractivity contribution is 5.69. The Balaban J connectivity index is 1.82. The number of carbonyl (C=O) groups excluding carboxylic acids is 1. The normalized spacial score (nSPS) is 23.9. The monoisotopic (exact) mass is 500 g/mol. The Bertz CT molecular complexity index is 852. The van der Waals surface area contributed by atoms with Crippen LogP contribution in [-0.2, 0) is 15.7 Å². The van der Waals surface area contributed by atoms with E-state index in [0.717, 1.165) is 12.1 Å². The smallest absolute Gasteiger partial charge is 0.416 e. The van der Waals surface area contributed by atoms with Gasteiger partial charge in [-0.25, -0.2) is 0 Å². The van der Waals surface area contributed by atoms with Gasteiger partial charge in [-0.1, -0.05) is 30.4 Å². The van der Waals surface area contributed by atoms with Crippen molar-refractivity contribution in [3.63, 3.8) is 0 Å². The number of esters is 1. The molecule has 9 heteroatoms. The first-order valence-corrected chi connectivity index (χ1v) is 11.8. The Kier molecular flexibility index (Phi) is 11.3. The first kappa shape index (κ1) is 28.9. The van der Waals surface area contributed by atoms with E-state index < -0.39 is 30.1 Å². The largest absolute Gasteiger partial charge is 0.491 e. The Morgan fingerprint density at radius 3 is 2.63 bits per heavy atom. The second-order valence-corrected chi connectivity index (χ2v) is 9.04. The number of carbonyl (C=O) groups is 1. The van der Waals surface area contributed by atoms with Crippen LogP contribution < -0.4 is 4.74 Å². The van der Waals surface area contributed by atoms with Crippen molar-refractivity contribution in [1.29, 1.82) is 0 Å². The fourth-order valence-electron chi connectivity index (χ4n) is 4.02. The van der Waals surface area contributed by atoms with Crippen molar-refractivity contribution in [3.8, 4) is 5.75 Å². The number of benzene rings is 1. The molecule has 3 N–H and O–H groups in total. The third kappa shape index (κ3) is 10.0. The lowest BCUT2D eigenvalue weighted by atomic mass is 9.89. The Labute approximate surface area is 204 Å². The molecule has 0 radical (unpaired) electrons. The van der Waals surface area contributed by atoms with Crippen molar-refractivity contribution in [3.05, 3.63) is 54.1 Å². The molecule has 0 saturated heterocycles. The van der Waals surface area contributed by atoms with Gasteiger partial charge >= 0.3 is 12.1 Å². The quantitative estimate of drug-likeness (QED) is 0.223. The summed E-state index contributed by atoms with van der Waals surface area (Å²) in [4.78, 5) is 11.5. The van der Waals surface area contributed by atoms with Crippen LogP contribution in [0, 0.1) is 11.8 Å². The van der Waals surface area contributed by atoms with Gasteiger partial charge in [0, 0.05) is 18.8 Å². The van der Waals surface area contributed by atoms with Crippen LogP contribution in [0.1, 0.15) is 51.5 Å². The van der Waals surface area contributed by atoms with Crippen molar-refractivity contribution in [2.45, 2.75) is 76.5 Å². The second kappa shape index (κ2) is 13.7. The predicted octanol–water partition coefficient (Wildman–Crippen LogP) is 4.43. The Morgan fingerprint density at radius 2 is 1.94 bits per heavy atom. The van der Waals surface area contributed by atoms with Crippen LogP contribution in [0.25, 0.3) is 0 Å². The summed E-state index contributed by atoms with van der Waals surface area (Å²) < 4.78 is 48.8. The van der Waals surface area contributed by atoms with Gasteiger partial charge in [-0.05, 0) is 57.2 Å². The maximum Gasteiger partial charge on any atom is 0.416 e. The molecule has 1 aliphatic rings. The third-order valence-electron chi connectivity index (χ3n) is 5.75. The summed E-state index contributed by atoms with van der Waals surface area (Å²) in [6, 6.07) is 4.40. The average Bonchev–Trinajstić information content (AvgIpc) is 3.04. The number of hydrogen-bond acceptors (Lipinski definition) is 6. The van der Waals surface area contributed by atoms with E-state index >= 15 is 0 Å². The van der Waals surface area contributed by atoms with Gasteiger partial charge in [0.05, 0.1) is 23.9 Å². The van der Waals surface area contributed by atoms with Gasteiger partial charge in [0.2, 0.25) is 0 Å². The number of hydrogen-bond donors (Lipinski definition) is 3. The summed E-state index contributed by atoms with van der Waals surface area (Å²) in [5.41, 5.74) is -0.838. The van der Waals surface area contributed by atoms with E-state index in [-0.39, 0.29) is 42.7 Å². The van der Waals surface area contributed by atoms with Gasteiger partial charge in [-0.2, -0.15) is 13.2 Å². The van der Waals surface area contributed by atoms with Crippen LogP contribution >= 0.6 is 0 Å². The number of rotatable bonds is 12. The molecule has 1 fully saturated rings. The number of aliphatic hydroxyl groups excluding tert-OH is 3. The van der Waals surface area contributed by atoms with Gasteiger partial charge in [0.25, 0.3) is 0 Å². The summed E-state index contributed by atoms with van der Waals surface area (Å²) in [6.45, 7) is 3.34. The van der Waals surface area contributed by atoms with E-state index in [2.05, 4.69) is 0 Å². The van der Waals surface area contributed by atoms with Gasteiger partial charge < -0.3 is 24.8 Å². The van der Waals surface area contributed by atoms with Crippen molar-refractivity contribution in [2.24, 2.45) is 11.8 Å². The summed E-state index contributed by atoms with van der Waals surface area (Å²) in [7, 11) is 0. The lowest BCUT2D eigenvalue weighted by molar-refractivity contribution is -0.147. The molecule has 2 unspecified atom stereocenters. The number of alkyl halides is 3. The first-order chi connectivity index (χ1) is 16.5. The SMILES string of the molecule is CC(C)OC(=O)CCCC=CC[C@H]1[C@@H](O)CC(O)[C@@H]1C=CC(O)COc1cccc(C(F)(F)F)c1. The highest BCUT2D eigenvalue weighted by Gasteiger charge is 2.39. The molecule has 0 bridgehead atoms.